The van der Waals surface area contributed by atoms with Crippen LogP contribution in [0, 0.1) is 5.41 Å². The van der Waals surface area contributed by atoms with E-state index in [1.807, 2.05) is 34.6 Å². The topological polar surface area (TPSA) is 37.4 Å². The highest BCUT2D eigenvalue weighted by molar-refractivity contribution is 8.13. The van der Waals surface area contributed by atoms with E-state index in [1.165, 1.54) is 18.2 Å². The van der Waals surface area contributed by atoms with Gasteiger partial charge >= 0.3 is 0 Å². The molecule has 2 fully saturated rings. The largest absolute Gasteiger partial charge is 0.228 e. The molecule has 0 bridgehead atoms. The Hall–Kier alpha value is -0.520. The number of rotatable bonds is 3. The van der Waals surface area contributed by atoms with Crippen molar-refractivity contribution < 1.29 is 8.42 Å². The first-order valence-electron chi connectivity index (χ1n) is 8.56. The van der Waals surface area contributed by atoms with Crippen molar-refractivity contribution in [2.45, 2.75) is 74.4 Å². The predicted molar refractivity (Wildman–Crippen MR) is 97.0 cm³/mol. The normalized spacial score (nSPS) is 29.2. The highest BCUT2D eigenvalue weighted by atomic mass is 32.3. The van der Waals surface area contributed by atoms with Crippen LogP contribution in [-0.4, -0.2) is 29.4 Å². The van der Waals surface area contributed by atoms with Crippen LogP contribution in [0.4, 0.5) is 0 Å². The van der Waals surface area contributed by atoms with Crippen LogP contribution in [0.3, 0.4) is 0 Å². The van der Waals surface area contributed by atoms with E-state index < -0.39 is 10.0 Å². The van der Waals surface area contributed by atoms with Gasteiger partial charge < -0.3 is 0 Å². The van der Waals surface area contributed by atoms with Crippen molar-refractivity contribution in [3.8, 4) is 0 Å². The maximum atomic E-state index is 13.0. The first-order chi connectivity index (χ1) is 10.8. The summed E-state index contributed by atoms with van der Waals surface area (Å²) in [5.74, 6) is 0. The monoisotopic (exact) mass is 353 g/mol. The van der Waals surface area contributed by atoms with Gasteiger partial charge in [0.1, 0.15) is 4.58 Å². The molecule has 3 nitrogen and oxygen atoms in total. The molecule has 1 saturated carbocycles. The van der Waals surface area contributed by atoms with Crippen molar-refractivity contribution in [2.24, 2.45) is 5.41 Å². The van der Waals surface area contributed by atoms with Crippen LogP contribution in [0.5, 0.6) is 0 Å². The summed E-state index contributed by atoms with van der Waals surface area (Å²) in [4.78, 5) is 1.04. The van der Waals surface area contributed by atoms with Crippen LogP contribution in [0.2, 0.25) is 0 Å². The van der Waals surface area contributed by atoms with Gasteiger partial charge in [-0.25, -0.2) is 8.42 Å². The molecule has 0 aromatic heterocycles. The van der Waals surface area contributed by atoms with E-state index in [4.69, 9.17) is 0 Å². The summed E-state index contributed by atoms with van der Waals surface area (Å²) >= 11 is 1.51. The van der Waals surface area contributed by atoms with E-state index in [1.54, 1.807) is 0 Å². The molecule has 1 aliphatic carbocycles. The molecule has 2 aliphatic rings. The van der Waals surface area contributed by atoms with Crippen molar-refractivity contribution in [2.75, 3.05) is 0 Å². The van der Waals surface area contributed by atoms with Gasteiger partial charge in [0, 0.05) is 10.9 Å². The molecule has 0 unspecified atom stereocenters. The lowest BCUT2D eigenvalue weighted by Gasteiger charge is -2.55. The molecule has 1 saturated heterocycles. The second kappa shape index (κ2) is 6.41. The highest BCUT2D eigenvalue weighted by Crippen LogP contribution is 2.50. The Bertz CT molecular complexity index is 631. The summed E-state index contributed by atoms with van der Waals surface area (Å²) in [5, 5.41) is 0. The first kappa shape index (κ1) is 17.3. The van der Waals surface area contributed by atoms with Crippen LogP contribution in [0.25, 0.3) is 0 Å². The second-order valence-corrected chi connectivity index (χ2v) is 11.2. The predicted octanol–water partition coefficient (Wildman–Crippen LogP) is 4.50. The molecule has 1 aromatic rings. The average Bonchev–Trinajstić information content (AvgIpc) is 2.51. The Labute approximate surface area is 144 Å². The summed E-state index contributed by atoms with van der Waals surface area (Å²) in [7, 11) is -3.20. The zero-order chi connectivity index (χ0) is 16.7. The molecule has 0 amide bonds. The lowest BCUT2D eigenvalue weighted by molar-refractivity contribution is 0.0967. The fourth-order valence-corrected chi connectivity index (χ4v) is 8.56. The number of thioether (sulfide) groups is 1. The lowest BCUT2D eigenvalue weighted by Crippen LogP contribution is -2.70. The number of hydrogen-bond donors (Lipinski definition) is 0. The fraction of sp³-hybridized carbons (Fsp3) is 0.667. The molecule has 128 valence electrons. The van der Waals surface area contributed by atoms with E-state index in [9.17, 15) is 8.42 Å². The maximum absolute atomic E-state index is 13.0. The number of sulfonamides is 1. The fourth-order valence-electron chi connectivity index (χ4n) is 3.82. The minimum atomic E-state index is -3.20. The minimum Gasteiger partial charge on any atom is -0.211 e. The van der Waals surface area contributed by atoms with Gasteiger partial charge in [-0.3, -0.25) is 0 Å². The quantitative estimate of drug-likeness (QED) is 0.803. The summed E-state index contributed by atoms with van der Waals surface area (Å²) in [6, 6.07) is 10.2. The average molecular weight is 354 g/mol. The molecule has 1 aliphatic heterocycles. The van der Waals surface area contributed by atoms with E-state index in [0.717, 1.165) is 30.6 Å². The third-order valence-corrected chi connectivity index (χ3v) is 8.95. The zero-order valence-electron chi connectivity index (χ0n) is 14.2. The van der Waals surface area contributed by atoms with Crippen LogP contribution in [-0.2, 0) is 10.0 Å². The number of hydrogen-bond acceptors (Lipinski definition) is 3. The second-order valence-electron chi connectivity index (χ2n) is 7.78. The van der Waals surface area contributed by atoms with Gasteiger partial charge in [-0.2, -0.15) is 4.31 Å². The Morgan fingerprint density at radius 2 is 1.65 bits per heavy atom. The van der Waals surface area contributed by atoms with Crippen molar-refractivity contribution >= 4 is 21.8 Å². The molecule has 23 heavy (non-hydrogen) atoms. The molecular formula is C18H27NO2S2. The van der Waals surface area contributed by atoms with Crippen molar-refractivity contribution in [1.82, 2.24) is 4.31 Å². The third-order valence-electron chi connectivity index (χ3n) is 4.94. The summed E-state index contributed by atoms with van der Waals surface area (Å²) in [6.07, 6.45) is 5.60. The van der Waals surface area contributed by atoms with Gasteiger partial charge in [-0.05, 0) is 30.4 Å². The standard InChI is InChI=1S/C18H27NO2S2/c1-18(2,3)16-17(22-15-12-8-5-9-13-15)23(20,21)19(16)14-10-6-4-7-11-14/h5,8-9,12-14,16-17H,4,6-7,10-11H2,1-3H3/t16-,17-/m0/s1. The van der Waals surface area contributed by atoms with E-state index in [2.05, 4.69) is 20.8 Å². The van der Waals surface area contributed by atoms with E-state index in [0.29, 0.717) is 0 Å². The van der Waals surface area contributed by atoms with Crippen LogP contribution >= 0.6 is 11.8 Å². The van der Waals surface area contributed by atoms with Gasteiger partial charge in [0.25, 0.3) is 0 Å². The molecule has 0 spiro atoms. The highest BCUT2D eigenvalue weighted by Gasteiger charge is 2.60. The zero-order valence-corrected chi connectivity index (χ0v) is 15.9. The van der Waals surface area contributed by atoms with Crippen LogP contribution < -0.4 is 0 Å². The van der Waals surface area contributed by atoms with Gasteiger partial charge in [-0.15, -0.1) is 11.8 Å². The van der Waals surface area contributed by atoms with E-state index in [-0.39, 0.29) is 22.1 Å². The van der Waals surface area contributed by atoms with Gasteiger partial charge in [0.15, 0.2) is 0 Å². The molecule has 1 heterocycles. The number of benzene rings is 1. The van der Waals surface area contributed by atoms with Gasteiger partial charge in [0.05, 0.1) is 6.04 Å². The Kier molecular flexibility index (Phi) is 4.83. The summed E-state index contributed by atoms with van der Waals surface area (Å²) in [5.41, 5.74) is -0.0464. The van der Waals surface area contributed by atoms with Gasteiger partial charge in [0.2, 0.25) is 10.0 Å². The van der Waals surface area contributed by atoms with Crippen LogP contribution in [0.1, 0.15) is 52.9 Å². The first-order valence-corrected chi connectivity index (χ1v) is 10.9. The van der Waals surface area contributed by atoms with Crippen molar-refractivity contribution in [1.29, 1.82) is 0 Å². The molecule has 5 heteroatoms. The summed E-state index contributed by atoms with van der Waals surface area (Å²) < 4.78 is 27.5. The molecule has 0 N–H and O–H groups in total. The summed E-state index contributed by atoms with van der Waals surface area (Å²) in [6.45, 7) is 6.50. The third kappa shape index (κ3) is 3.33. The molecule has 3 rings (SSSR count). The van der Waals surface area contributed by atoms with E-state index >= 15 is 0 Å². The molecular weight excluding hydrogens is 326 g/mol. The number of nitrogens with zero attached hydrogens (tertiary/aromatic N) is 1. The molecule has 2 atom stereocenters. The Morgan fingerprint density at radius 1 is 1.04 bits per heavy atom. The minimum absolute atomic E-state index is 0.0464. The van der Waals surface area contributed by atoms with Crippen LogP contribution in [0.15, 0.2) is 35.2 Å². The molecule has 1 aromatic carbocycles. The van der Waals surface area contributed by atoms with Crippen molar-refractivity contribution in [3.63, 3.8) is 0 Å². The maximum Gasteiger partial charge on any atom is 0.228 e. The SMILES string of the molecule is CC(C)(C)[C@@H]1[C@@H](Sc2ccccc2)S(=O)(=O)N1C1CCCCC1. The smallest absolute Gasteiger partial charge is 0.211 e. The lowest BCUT2D eigenvalue weighted by atomic mass is 9.85. The Balaban J connectivity index is 1.87. The van der Waals surface area contributed by atoms with Gasteiger partial charge in [-0.1, -0.05) is 58.2 Å². The Morgan fingerprint density at radius 3 is 2.22 bits per heavy atom. The van der Waals surface area contributed by atoms with Crippen molar-refractivity contribution in [3.05, 3.63) is 30.3 Å². The molecule has 0 radical (unpaired) electrons.